The maximum absolute atomic E-state index is 11.3. The quantitative estimate of drug-likeness (QED) is 0.667. The number of methoxy groups -OCH3 is 1. The minimum Gasteiger partial charge on any atom is -0.490 e. The van der Waals surface area contributed by atoms with E-state index in [4.69, 9.17) is 10.5 Å². The summed E-state index contributed by atoms with van der Waals surface area (Å²) >= 11 is 0. The molecule has 0 aliphatic carbocycles. The van der Waals surface area contributed by atoms with Crippen molar-refractivity contribution in [3.05, 3.63) is 28.3 Å². The van der Waals surface area contributed by atoms with Crippen molar-refractivity contribution in [2.24, 2.45) is 5.73 Å². The van der Waals surface area contributed by atoms with Crippen LogP contribution in [0.3, 0.4) is 0 Å². The third-order valence-corrected chi connectivity index (χ3v) is 3.61. The molecular formula is C13H19N3O3. The Labute approximate surface area is 112 Å². The molecule has 2 rings (SSSR count). The molecule has 0 spiro atoms. The molecule has 1 fully saturated rings. The van der Waals surface area contributed by atoms with Crippen molar-refractivity contribution in [1.29, 1.82) is 0 Å². The fourth-order valence-corrected chi connectivity index (χ4v) is 2.66. The van der Waals surface area contributed by atoms with Crippen LogP contribution in [0.15, 0.2) is 18.2 Å². The van der Waals surface area contributed by atoms with Gasteiger partial charge >= 0.3 is 5.69 Å². The van der Waals surface area contributed by atoms with Crippen LogP contribution in [0.4, 0.5) is 11.4 Å². The molecule has 1 heterocycles. The van der Waals surface area contributed by atoms with Crippen LogP contribution in [0.5, 0.6) is 5.75 Å². The van der Waals surface area contributed by atoms with E-state index in [1.165, 1.54) is 7.11 Å². The lowest BCUT2D eigenvalue weighted by atomic mass is 9.98. The van der Waals surface area contributed by atoms with Gasteiger partial charge in [0.2, 0.25) is 0 Å². The molecule has 6 nitrogen and oxygen atoms in total. The molecule has 0 aromatic heterocycles. The Morgan fingerprint density at radius 2 is 2.26 bits per heavy atom. The third-order valence-electron chi connectivity index (χ3n) is 3.61. The maximum Gasteiger partial charge on any atom is 0.333 e. The van der Waals surface area contributed by atoms with Gasteiger partial charge in [-0.2, -0.15) is 0 Å². The highest BCUT2D eigenvalue weighted by molar-refractivity contribution is 5.70. The fourth-order valence-electron chi connectivity index (χ4n) is 2.66. The van der Waals surface area contributed by atoms with E-state index >= 15 is 0 Å². The lowest BCUT2D eigenvalue weighted by molar-refractivity contribution is -0.385. The molecule has 1 aliphatic rings. The zero-order valence-corrected chi connectivity index (χ0v) is 11.2. The number of para-hydroxylation sites is 1. The molecule has 1 aromatic carbocycles. The summed E-state index contributed by atoms with van der Waals surface area (Å²) in [7, 11) is 1.45. The van der Waals surface area contributed by atoms with Gasteiger partial charge in [0.15, 0.2) is 5.75 Å². The minimum atomic E-state index is -0.380. The second kappa shape index (κ2) is 5.44. The SMILES string of the molecule is COc1cccc(N2CCC(N)CC2C)c1[N+](=O)[O-]. The topological polar surface area (TPSA) is 81.6 Å². The number of nitro benzene ring substituents is 1. The van der Waals surface area contributed by atoms with Crippen LogP contribution in [0.25, 0.3) is 0 Å². The maximum atomic E-state index is 11.3. The van der Waals surface area contributed by atoms with E-state index in [1.807, 2.05) is 11.8 Å². The first-order valence-electron chi connectivity index (χ1n) is 6.38. The molecule has 19 heavy (non-hydrogen) atoms. The van der Waals surface area contributed by atoms with Crippen LogP contribution in [0, 0.1) is 10.1 Å². The number of rotatable bonds is 3. The molecule has 2 N–H and O–H groups in total. The first-order chi connectivity index (χ1) is 9.04. The van der Waals surface area contributed by atoms with Crippen molar-refractivity contribution in [3.63, 3.8) is 0 Å². The Morgan fingerprint density at radius 3 is 2.84 bits per heavy atom. The van der Waals surface area contributed by atoms with E-state index in [2.05, 4.69) is 0 Å². The Morgan fingerprint density at radius 1 is 1.53 bits per heavy atom. The number of nitrogens with zero attached hydrogens (tertiary/aromatic N) is 2. The summed E-state index contributed by atoms with van der Waals surface area (Å²) < 4.78 is 5.10. The normalized spacial score (nSPS) is 23.2. The number of anilines is 1. The Kier molecular flexibility index (Phi) is 3.90. The van der Waals surface area contributed by atoms with E-state index in [-0.39, 0.29) is 22.7 Å². The standard InChI is InChI=1S/C13H19N3O3/c1-9-8-10(14)6-7-15(9)11-4-3-5-12(19-2)13(11)16(17)18/h3-5,9-10H,6-8,14H2,1-2H3. The monoisotopic (exact) mass is 265 g/mol. The summed E-state index contributed by atoms with van der Waals surface area (Å²) in [4.78, 5) is 13.0. The molecule has 1 aromatic rings. The second-order valence-electron chi connectivity index (χ2n) is 4.91. The summed E-state index contributed by atoms with van der Waals surface area (Å²) in [6, 6.07) is 5.53. The van der Waals surface area contributed by atoms with E-state index in [9.17, 15) is 10.1 Å². The third kappa shape index (κ3) is 2.63. The van der Waals surface area contributed by atoms with Crippen molar-refractivity contribution in [2.75, 3.05) is 18.6 Å². The van der Waals surface area contributed by atoms with Crippen LogP contribution < -0.4 is 15.4 Å². The van der Waals surface area contributed by atoms with Gasteiger partial charge < -0.3 is 15.4 Å². The molecule has 0 amide bonds. The lowest BCUT2D eigenvalue weighted by Crippen LogP contribution is -2.45. The van der Waals surface area contributed by atoms with Crippen molar-refractivity contribution < 1.29 is 9.66 Å². The molecule has 0 radical (unpaired) electrons. The van der Waals surface area contributed by atoms with Crippen molar-refractivity contribution >= 4 is 11.4 Å². The largest absolute Gasteiger partial charge is 0.490 e. The number of hydrogen-bond donors (Lipinski definition) is 1. The zero-order chi connectivity index (χ0) is 14.0. The molecule has 2 unspecified atom stereocenters. The second-order valence-corrected chi connectivity index (χ2v) is 4.91. The number of ether oxygens (including phenoxy) is 1. The van der Waals surface area contributed by atoms with Gasteiger partial charge in [0, 0.05) is 18.6 Å². The number of piperidine rings is 1. The van der Waals surface area contributed by atoms with Crippen LogP contribution in [0.1, 0.15) is 19.8 Å². The smallest absolute Gasteiger partial charge is 0.333 e. The predicted octanol–water partition coefficient (Wildman–Crippen LogP) is 1.92. The molecule has 1 aliphatic heterocycles. The van der Waals surface area contributed by atoms with Gasteiger partial charge in [-0.1, -0.05) is 6.07 Å². The van der Waals surface area contributed by atoms with Gasteiger partial charge in [-0.3, -0.25) is 10.1 Å². The van der Waals surface area contributed by atoms with Crippen molar-refractivity contribution in [2.45, 2.75) is 31.8 Å². The van der Waals surface area contributed by atoms with Gasteiger partial charge in [0.05, 0.1) is 12.0 Å². The zero-order valence-electron chi connectivity index (χ0n) is 11.2. The molecule has 0 bridgehead atoms. The molecule has 104 valence electrons. The average molecular weight is 265 g/mol. The first-order valence-corrected chi connectivity index (χ1v) is 6.38. The number of nitrogens with two attached hydrogens (primary N) is 1. The lowest BCUT2D eigenvalue weighted by Gasteiger charge is -2.37. The highest BCUT2D eigenvalue weighted by Gasteiger charge is 2.30. The van der Waals surface area contributed by atoms with E-state index in [0.29, 0.717) is 11.4 Å². The minimum absolute atomic E-state index is 0.0346. The van der Waals surface area contributed by atoms with Gasteiger partial charge in [0.1, 0.15) is 5.69 Å². The molecular weight excluding hydrogens is 246 g/mol. The van der Waals surface area contributed by atoms with Crippen LogP contribution in [-0.2, 0) is 0 Å². The van der Waals surface area contributed by atoms with Crippen LogP contribution in [0.2, 0.25) is 0 Å². The summed E-state index contributed by atoms with van der Waals surface area (Å²) in [5.41, 5.74) is 6.58. The van der Waals surface area contributed by atoms with Crippen molar-refractivity contribution in [1.82, 2.24) is 0 Å². The van der Waals surface area contributed by atoms with E-state index in [1.54, 1.807) is 18.2 Å². The number of nitro groups is 1. The van der Waals surface area contributed by atoms with E-state index in [0.717, 1.165) is 19.4 Å². The highest BCUT2D eigenvalue weighted by Crippen LogP contribution is 2.39. The van der Waals surface area contributed by atoms with E-state index < -0.39 is 0 Å². The Balaban J connectivity index is 2.41. The van der Waals surface area contributed by atoms with Crippen molar-refractivity contribution in [3.8, 4) is 5.75 Å². The van der Waals surface area contributed by atoms with Gasteiger partial charge in [-0.05, 0) is 31.9 Å². The van der Waals surface area contributed by atoms with Gasteiger partial charge in [-0.25, -0.2) is 0 Å². The first kappa shape index (κ1) is 13.6. The number of benzene rings is 1. The fraction of sp³-hybridized carbons (Fsp3) is 0.538. The number of hydrogen-bond acceptors (Lipinski definition) is 5. The summed E-state index contributed by atoms with van der Waals surface area (Å²) in [6.07, 6.45) is 1.69. The Hall–Kier alpha value is -1.82. The molecule has 6 heteroatoms. The molecule has 0 saturated carbocycles. The van der Waals surface area contributed by atoms with Crippen LogP contribution >= 0.6 is 0 Å². The van der Waals surface area contributed by atoms with Crippen LogP contribution in [-0.4, -0.2) is 30.7 Å². The highest BCUT2D eigenvalue weighted by atomic mass is 16.6. The summed E-state index contributed by atoms with van der Waals surface area (Å²) in [6.45, 7) is 2.78. The summed E-state index contributed by atoms with van der Waals surface area (Å²) in [5, 5.41) is 11.3. The average Bonchev–Trinajstić information content (AvgIpc) is 2.37. The predicted molar refractivity (Wildman–Crippen MR) is 73.7 cm³/mol. The molecule has 1 saturated heterocycles. The summed E-state index contributed by atoms with van der Waals surface area (Å²) in [5.74, 6) is 0.296. The van der Waals surface area contributed by atoms with Gasteiger partial charge in [-0.15, -0.1) is 0 Å². The van der Waals surface area contributed by atoms with Gasteiger partial charge in [0.25, 0.3) is 0 Å². The Bertz CT molecular complexity index is 478. The molecule has 2 atom stereocenters.